The first-order valence-electron chi connectivity index (χ1n) is 11.6. The van der Waals surface area contributed by atoms with Crippen LogP contribution in [-0.2, 0) is 11.3 Å². The lowest BCUT2D eigenvalue weighted by atomic mass is 10.1. The molecular weight excluding hydrogens is 426 g/mol. The lowest BCUT2D eigenvalue weighted by Gasteiger charge is -2.21. The van der Waals surface area contributed by atoms with Gasteiger partial charge in [0.15, 0.2) is 11.5 Å². The van der Waals surface area contributed by atoms with E-state index in [-0.39, 0.29) is 11.8 Å². The molecule has 0 spiro atoms. The van der Waals surface area contributed by atoms with Crippen LogP contribution in [0, 0.1) is 13.8 Å². The highest BCUT2D eigenvalue weighted by Gasteiger charge is 2.35. The van der Waals surface area contributed by atoms with Gasteiger partial charge in [0.05, 0.1) is 24.7 Å². The van der Waals surface area contributed by atoms with E-state index in [0.717, 1.165) is 33.7 Å². The largest absolute Gasteiger partial charge is 0.493 e. The number of benzene rings is 3. The molecule has 0 saturated carbocycles. The van der Waals surface area contributed by atoms with Crippen LogP contribution in [0.2, 0.25) is 0 Å². The number of para-hydroxylation sites is 5. The zero-order chi connectivity index (χ0) is 23.7. The Hall–Kier alpha value is -3.80. The number of amides is 1. The van der Waals surface area contributed by atoms with Crippen LogP contribution in [0.3, 0.4) is 0 Å². The van der Waals surface area contributed by atoms with Crippen molar-refractivity contribution in [1.82, 2.24) is 9.55 Å². The standard InChI is InChI=1S/C28H29N3O3/c1-19-9-8-10-20(2)27(19)31-18-21(17-26(31)32)28-29-22-11-4-5-12-23(22)30(28)15-16-34-25-14-7-6-13-24(25)33-3/h4-14,21H,15-18H2,1-3H3/t21-/m0/s1. The molecule has 6 heteroatoms. The Kier molecular flexibility index (Phi) is 5.97. The van der Waals surface area contributed by atoms with Crippen molar-refractivity contribution in [2.75, 3.05) is 25.2 Å². The summed E-state index contributed by atoms with van der Waals surface area (Å²) in [4.78, 5) is 20.0. The molecule has 0 N–H and O–H groups in total. The number of hydrogen-bond acceptors (Lipinski definition) is 4. The first kappa shape index (κ1) is 22.0. The molecule has 0 unspecified atom stereocenters. The topological polar surface area (TPSA) is 56.6 Å². The average Bonchev–Trinajstić information content (AvgIpc) is 3.40. The molecule has 6 nitrogen and oxygen atoms in total. The van der Waals surface area contributed by atoms with E-state index in [0.29, 0.717) is 37.6 Å². The van der Waals surface area contributed by atoms with Crippen molar-refractivity contribution >= 4 is 22.6 Å². The monoisotopic (exact) mass is 455 g/mol. The second-order valence-corrected chi connectivity index (χ2v) is 8.76. The minimum atomic E-state index is 0.0187. The Labute approximate surface area is 199 Å². The number of imidazole rings is 1. The maximum Gasteiger partial charge on any atom is 0.227 e. The number of fused-ring (bicyclic) bond motifs is 1. The second kappa shape index (κ2) is 9.21. The van der Waals surface area contributed by atoms with E-state index in [1.165, 1.54) is 0 Å². The van der Waals surface area contributed by atoms with Gasteiger partial charge in [-0.1, -0.05) is 42.5 Å². The van der Waals surface area contributed by atoms with Crippen LogP contribution in [0.15, 0.2) is 66.7 Å². The summed E-state index contributed by atoms with van der Waals surface area (Å²) in [6, 6.07) is 21.9. The van der Waals surface area contributed by atoms with Gasteiger partial charge in [-0.2, -0.15) is 0 Å². The fraction of sp³-hybridized carbons (Fsp3) is 0.286. The zero-order valence-electron chi connectivity index (χ0n) is 19.8. The average molecular weight is 456 g/mol. The SMILES string of the molecule is COc1ccccc1OCCn1c([C@H]2CC(=O)N(c3c(C)cccc3C)C2)nc2ccccc21. The van der Waals surface area contributed by atoms with E-state index in [1.54, 1.807) is 7.11 Å². The van der Waals surface area contributed by atoms with Crippen molar-refractivity contribution < 1.29 is 14.3 Å². The molecule has 174 valence electrons. The van der Waals surface area contributed by atoms with Crippen LogP contribution >= 0.6 is 0 Å². The molecule has 0 bridgehead atoms. The van der Waals surface area contributed by atoms with Crippen LogP contribution in [0.25, 0.3) is 11.0 Å². The molecule has 1 amide bonds. The summed E-state index contributed by atoms with van der Waals surface area (Å²) in [6.45, 7) is 5.85. The Balaban J connectivity index is 1.43. The van der Waals surface area contributed by atoms with Crippen LogP contribution in [0.1, 0.15) is 29.3 Å². The number of nitrogens with zero attached hydrogens (tertiary/aromatic N) is 3. The van der Waals surface area contributed by atoms with Crippen molar-refractivity contribution in [3.05, 3.63) is 83.7 Å². The predicted octanol–water partition coefficient (Wildman–Crippen LogP) is 5.26. The van der Waals surface area contributed by atoms with Gasteiger partial charge in [0, 0.05) is 24.6 Å². The molecule has 0 aliphatic carbocycles. The van der Waals surface area contributed by atoms with E-state index in [2.05, 4.69) is 36.6 Å². The van der Waals surface area contributed by atoms with E-state index in [4.69, 9.17) is 14.5 Å². The van der Waals surface area contributed by atoms with Crippen molar-refractivity contribution in [3.8, 4) is 11.5 Å². The number of aromatic nitrogens is 2. The summed E-state index contributed by atoms with van der Waals surface area (Å²) >= 11 is 0. The van der Waals surface area contributed by atoms with E-state index in [9.17, 15) is 4.79 Å². The molecule has 3 aromatic carbocycles. The number of aryl methyl sites for hydroxylation is 2. The third kappa shape index (κ3) is 4.00. The minimum absolute atomic E-state index is 0.0187. The van der Waals surface area contributed by atoms with Gasteiger partial charge in [0.2, 0.25) is 5.91 Å². The Morgan fingerprint density at radius 3 is 2.41 bits per heavy atom. The molecule has 1 saturated heterocycles. The smallest absolute Gasteiger partial charge is 0.227 e. The quantitative estimate of drug-likeness (QED) is 0.381. The van der Waals surface area contributed by atoms with Gasteiger partial charge >= 0.3 is 0 Å². The van der Waals surface area contributed by atoms with Crippen LogP contribution in [0.5, 0.6) is 11.5 Å². The third-order valence-corrected chi connectivity index (χ3v) is 6.53. The molecule has 34 heavy (non-hydrogen) atoms. The van der Waals surface area contributed by atoms with Crippen LogP contribution in [0.4, 0.5) is 5.69 Å². The molecular formula is C28H29N3O3. The first-order chi connectivity index (χ1) is 16.6. The predicted molar refractivity (Wildman–Crippen MR) is 134 cm³/mol. The van der Waals surface area contributed by atoms with E-state index in [1.807, 2.05) is 53.4 Å². The molecule has 1 aromatic heterocycles. The third-order valence-electron chi connectivity index (χ3n) is 6.53. The zero-order valence-corrected chi connectivity index (χ0v) is 19.8. The van der Waals surface area contributed by atoms with Gasteiger partial charge in [-0.15, -0.1) is 0 Å². The van der Waals surface area contributed by atoms with Crippen molar-refractivity contribution in [2.24, 2.45) is 0 Å². The number of carbonyl (C=O) groups is 1. The Morgan fingerprint density at radius 2 is 1.65 bits per heavy atom. The number of hydrogen-bond donors (Lipinski definition) is 0. The highest BCUT2D eigenvalue weighted by atomic mass is 16.5. The number of ether oxygens (including phenoxy) is 2. The van der Waals surface area contributed by atoms with Gasteiger partial charge in [0.1, 0.15) is 12.4 Å². The molecule has 1 aliphatic heterocycles. The summed E-state index contributed by atoms with van der Waals surface area (Å²) in [7, 11) is 1.64. The fourth-order valence-electron chi connectivity index (χ4n) is 4.95. The molecule has 2 heterocycles. The molecule has 4 aromatic rings. The van der Waals surface area contributed by atoms with Crippen LogP contribution in [-0.4, -0.2) is 35.7 Å². The number of carbonyl (C=O) groups excluding carboxylic acids is 1. The van der Waals surface area contributed by atoms with Gasteiger partial charge in [-0.3, -0.25) is 4.79 Å². The van der Waals surface area contributed by atoms with Gasteiger partial charge in [0.25, 0.3) is 0 Å². The summed E-state index contributed by atoms with van der Waals surface area (Å²) in [5.74, 6) is 2.53. The summed E-state index contributed by atoms with van der Waals surface area (Å²) in [6.07, 6.45) is 0.449. The summed E-state index contributed by atoms with van der Waals surface area (Å²) in [5, 5.41) is 0. The minimum Gasteiger partial charge on any atom is -0.493 e. The molecule has 0 radical (unpaired) electrons. The lowest BCUT2D eigenvalue weighted by molar-refractivity contribution is -0.117. The maximum absolute atomic E-state index is 13.1. The lowest BCUT2D eigenvalue weighted by Crippen LogP contribution is -2.26. The molecule has 1 fully saturated rings. The van der Waals surface area contributed by atoms with E-state index >= 15 is 0 Å². The number of methoxy groups -OCH3 is 1. The van der Waals surface area contributed by atoms with Crippen molar-refractivity contribution in [1.29, 1.82) is 0 Å². The first-order valence-corrected chi connectivity index (χ1v) is 11.6. The molecule has 5 rings (SSSR count). The highest BCUT2D eigenvalue weighted by molar-refractivity contribution is 5.98. The van der Waals surface area contributed by atoms with Crippen LogP contribution < -0.4 is 14.4 Å². The fourth-order valence-corrected chi connectivity index (χ4v) is 4.95. The van der Waals surface area contributed by atoms with Gasteiger partial charge in [-0.25, -0.2) is 4.98 Å². The summed E-state index contributed by atoms with van der Waals surface area (Å²) < 4.78 is 13.7. The van der Waals surface area contributed by atoms with Gasteiger partial charge < -0.3 is 18.9 Å². The molecule has 1 aliphatic rings. The van der Waals surface area contributed by atoms with Crippen molar-refractivity contribution in [2.45, 2.75) is 32.7 Å². The van der Waals surface area contributed by atoms with Crippen molar-refractivity contribution in [3.63, 3.8) is 0 Å². The second-order valence-electron chi connectivity index (χ2n) is 8.76. The number of rotatable bonds is 7. The summed E-state index contributed by atoms with van der Waals surface area (Å²) in [5.41, 5.74) is 5.25. The maximum atomic E-state index is 13.1. The van der Waals surface area contributed by atoms with E-state index < -0.39 is 0 Å². The van der Waals surface area contributed by atoms with Gasteiger partial charge in [-0.05, 0) is 49.2 Å². The highest BCUT2D eigenvalue weighted by Crippen LogP contribution is 2.36. The molecule has 1 atom stereocenters. The normalized spacial score (nSPS) is 15.8. The number of anilines is 1. The Bertz CT molecular complexity index is 1320. The Morgan fingerprint density at radius 1 is 0.941 bits per heavy atom.